The van der Waals surface area contributed by atoms with Gasteiger partial charge in [0, 0.05) is 5.75 Å². The lowest BCUT2D eigenvalue weighted by Crippen LogP contribution is -1.82. The Balaban J connectivity index is 0.000000165. The molecule has 0 saturated heterocycles. The zero-order valence-electron chi connectivity index (χ0n) is 8.91. The Hall–Kier alpha value is -0.340. The lowest BCUT2D eigenvalue weighted by atomic mass is 10.1. The number of rotatable bonds is 0. The van der Waals surface area contributed by atoms with Gasteiger partial charge in [-0.15, -0.1) is 0 Å². The lowest BCUT2D eigenvalue weighted by Gasteiger charge is -2.00. The largest absolute Gasteiger partial charge is 0.0854 e. The minimum absolute atomic E-state index is 1.20. The quantitative estimate of drug-likeness (QED) is 0.595. The Morgan fingerprint density at radius 1 is 1.07 bits per heavy atom. The predicted molar refractivity (Wildman–Crippen MR) is 69.8 cm³/mol. The molecular weight excluding hydrogens is 208 g/mol. The van der Waals surface area contributed by atoms with E-state index in [0.717, 1.165) is 0 Å². The van der Waals surface area contributed by atoms with Gasteiger partial charge in [-0.1, -0.05) is 45.9 Å². The van der Waals surface area contributed by atoms with Crippen LogP contribution in [0, 0.1) is 20.8 Å². The Morgan fingerprint density at radius 3 is 2.00 bits per heavy atom. The summed E-state index contributed by atoms with van der Waals surface area (Å²) in [5.41, 5.74) is 4.18. The second-order valence-corrected chi connectivity index (χ2v) is 5.59. The van der Waals surface area contributed by atoms with Gasteiger partial charge in [0.05, 0.1) is 0 Å². The highest BCUT2D eigenvalue weighted by Crippen LogP contribution is 2.27. The van der Waals surface area contributed by atoms with Crippen molar-refractivity contribution in [1.82, 2.24) is 0 Å². The van der Waals surface area contributed by atoms with Gasteiger partial charge in [0.1, 0.15) is 0 Å². The van der Waals surface area contributed by atoms with E-state index in [2.05, 4.69) is 50.5 Å². The van der Waals surface area contributed by atoms with E-state index in [-0.39, 0.29) is 0 Å². The SMILES string of the molecule is C1=CSSC1.Cc1cccc(C)c1C. The van der Waals surface area contributed by atoms with Crippen molar-refractivity contribution in [3.8, 4) is 0 Å². The first-order valence-electron chi connectivity index (χ1n) is 4.68. The zero-order chi connectivity index (χ0) is 10.4. The van der Waals surface area contributed by atoms with Crippen LogP contribution in [0.3, 0.4) is 0 Å². The summed E-state index contributed by atoms with van der Waals surface area (Å²) in [6, 6.07) is 6.38. The first-order valence-corrected chi connectivity index (χ1v) is 7.06. The van der Waals surface area contributed by atoms with Gasteiger partial charge in [-0.2, -0.15) is 0 Å². The third-order valence-corrected chi connectivity index (χ3v) is 4.18. The van der Waals surface area contributed by atoms with Gasteiger partial charge < -0.3 is 0 Å². The molecule has 1 aliphatic heterocycles. The molecule has 0 spiro atoms. The van der Waals surface area contributed by atoms with Crippen molar-refractivity contribution in [2.24, 2.45) is 0 Å². The average Bonchev–Trinajstić information content (AvgIpc) is 2.72. The van der Waals surface area contributed by atoms with Crippen molar-refractivity contribution in [2.75, 3.05) is 5.75 Å². The van der Waals surface area contributed by atoms with Gasteiger partial charge in [-0.3, -0.25) is 0 Å². The molecule has 76 valence electrons. The molecule has 1 aliphatic rings. The fourth-order valence-corrected chi connectivity index (χ4v) is 2.67. The summed E-state index contributed by atoms with van der Waals surface area (Å²) in [7, 11) is 3.69. The highest BCUT2D eigenvalue weighted by Gasteiger charge is 1.91. The van der Waals surface area contributed by atoms with Crippen molar-refractivity contribution in [2.45, 2.75) is 20.8 Å². The minimum atomic E-state index is 1.20. The third kappa shape index (κ3) is 3.81. The normalized spacial score (nSPS) is 13.6. The Morgan fingerprint density at radius 2 is 1.71 bits per heavy atom. The summed E-state index contributed by atoms with van der Waals surface area (Å²) in [5, 5.41) is 2.12. The number of benzene rings is 1. The molecule has 0 atom stereocenters. The van der Waals surface area contributed by atoms with E-state index in [1.54, 1.807) is 0 Å². The third-order valence-electron chi connectivity index (χ3n) is 2.26. The van der Waals surface area contributed by atoms with Crippen molar-refractivity contribution in [3.63, 3.8) is 0 Å². The minimum Gasteiger partial charge on any atom is -0.0854 e. The summed E-state index contributed by atoms with van der Waals surface area (Å²) in [6.45, 7) is 6.44. The molecule has 0 nitrogen and oxygen atoms in total. The van der Waals surface area contributed by atoms with E-state index in [9.17, 15) is 0 Å². The summed E-state index contributed by atoms with van der Waals surface area (Å²) in [5.74, 6) is 1.20. The summed E-state index contributed by atoms with van der Waals surface area (Å²) < 4.78 is 0. The molecule has 0 aliphatic carbocycles. The number of hydrogen-bond acceptors (Lipinski definition) is 2. The first-order chi connectivity index (χ1) is 6.72. The van der Waals surface area contributed by atoms with Gasteiger partial charge in [0.25, 0.3) is 0 Å². The summed E-state index contributed by atoms with van der Waals surface area (Å²) >= 11 is 0. The fourth-order valence-electron chi connectivity index (χ4n) is 1.09. The molecule has 0 unspecified atom stereocenters. The highest BCUT2D eigenvalue weighted by atomic mass is 33.1. The van der Waals surface area contributed by atoms with Crippen LogP contribution in [0.5, 0.6) is 0 Å². The second-order valence-electron chi connectivity index (χ2n) is 3.27. The van der Waals surface area contributed by atoms with Gasteiger partial charge in [-0.05, 0) is 42.9 Å². The number of hydrogen-bond donors (Lipinski definition) is 0. The van der Waals surface area contributed by atoms with Gasteiger partial charge in [0.2, 0.25) is 0 Å². The highest BCUT2D eigenvalue weighted by molar-refractivity contribution is 8.78. The number of aryl methyl sites for hydroxylation is 2. The molecule has 2 rings (SSSR count). The van der Waals surface area contributed by atoms with Crippen LogP contribution in [-0.2, 0) is 0 Å². The molecule has 0 aromatic heterocycles. The topological polar surface area (TPSA) is 0 Å². The van der Waals surface area contributed by atoms with Crippen LogP contribution in [0.4, 0.5) is 0 Å². The molecule has 0 bridgehead atoms. The van der Waals surface area contributed by atoms with Gasteiger partial charge in [0.15, 0.2) is 0 Å². The van der Waals surface area contributed by atoms with E-state index >= 15 is 0 Å². The Labute approximate surface area is 94.6 Å². The van der Waals surface area contributed by atoms with Crippen molar-refractivity contribution < 1.29 is 0 Å². The molecule has 1 aromatic carbocycles. The first kappa shape index (κ1) is 11.7. The Kier molecular flexibility index (Phi) is 5.20. The monoisotopic (exact) mass is 224 g/mol. The zero-order valence-corrected chi connectivity index (χ0v) is 10.5. The maximum atomic E-state index is 2.16. The van der Waals surface area contributed by atoms with Crippen LogP contribution < -0.4 is 0 Å². The molecule has 0 fully saturated rings. The Bertz CT molecular complexity index is 290. The van der Waals surface area contributed by atoms with E-state index < -0.39 is 0 Å². The smallest absolute Gasteiger partial charge is 0.0229 e. The molecule has 2 heteroatoms. The summed E-state index contributed by atoms with van der Waals surface area (Å²) in [6.07, 6.45) is 2.16. The molecule has 1 aromatic rings. The van der Waals surface area contributed by atoms with Crippen LogP contribution in [0.1, 0.15) is 16.7 Å². The van der Waals surface area contributed by atoms with Crippen LogP contribution in [-0.4, -0.2) is 5.75 Å². The maximum absolute atomic E-state index is 2.16. The van der Waals surface area contributed by atoms with Gasteiger partial charge >= 0.3 is 0 Å². The summed E-state index contributed by atoms with van der Waals surface area (Å²) in [4.78, 5) is 0. The molecule has 0 saturated carbocycles. The molecule has 1 heterocycles. The fraction of sp³-hybridized carbons (Fsp3) is 0.333. The van der Waals surface area contributed by atoms with E-state index in [1.807, 2.05) is 21.6 Å². The molecule has 0 amide bonds. The van der Waals surface area contributed by atoms with Crippen molar-refractivity contribution in [1.29, 1.82) is 0 Å². The lowest BCUT2D eigenvalue weighted by molar-refractivity contribution is 1.27. The van der Waals surface area contributed by atoms with E-state index in [0.29, 0.717) is 0 Å². The standard InChI is InChI=1S/C9H12.C3H4S2/c1-7-5-4-6-8(2)9(7)3;1-2-4-5-3-1/h4-6H,1-3H3;1-2H,3H2. The maximum Gasteiger partial charge on any atom is 0.0229 e. The second kappa shape index (κ2) is 6.20. The average molecular weight is 224 g/mol. The molecule has 14 heavy (non-hydrogen) atoms. The molecular formula is C12H16S2. The van der Waals surface area contributed by atoms with Crippen LogP contribution in [0.2, 0.25) is 0 Å². The van der Waals surface area contributed by atoms with Crippen molar-refractivity contribution in [3.05, 3.63) is 46.4 Å². The van der Waals surface area contributed by atoms with Crippen LogP contribution in [0.15, 0.2) is 29.7 Å². The van der Waals surface area contributed by atoms with Gasteiger partial charge in [-0.25, -0.2) is 0 Å². The van der Waals surface area contributed by atoms with E-state index in [4.69, 9.17) is 0 Å². The predicted octanol–water partition coefficient (Wildman–Crippen LogP) is 4.51. The van der Waals surface area contributed by atoms with E-state index in [1.165, 1.54) is 22.4 Å². The van der Waals surface area contributed by atoms with Crippen molar-refractivity contribution >= 4 is 21.6 Å². The van der Waals surface area contributed by atoms with Crippen LogP contribution in [0.25, 0.3) is 0 Å². The molecule has 0 radical (unpaired) electrons. The van der Waals surface area contributed by atoms with Crippen LogP contribution >= 0.6 is 21.6 Å². The molecule has 0 N–H and O–H groups in total.